The molecular formula is C18H26N2O2. The van der Waals surface area contributed by atoms with Gasteiger partial charge < -0.3 is 14.2 Å². The first-order valence-corrected chi connectivity index (χ1v) is 8.00. The number of ether oxygens (including phenoxy) is 1. The number of fused-ring (bicyclic) bond motifs is 1. The van der Waals surface area contributed by atoms with Crippen molar-refractivity contribution >= 4 is 16.8 Å². The lowest BCUT2D eigenvalue weighted by Gasteiger charge is -2.21. The van der Waals surface area contributed by atoms with Gasteiger partial charge in [0.15, 0.2) is 0 Å². The van der Waals surface area contributed by atoms with Gasteiger partial charge in [-0.3, -0.25) is 4.79 Å². The maximum Gasteiger partial charge on any atom is 0.227 e. The standard InChI is InChI=1S/C18H26N2O2/c1-5-9-20(10-6-2)18(21)11-14-13-19(3)17-8-7-15(22-4)12-16(14)17/h7-8,12-13H,5-6,9-11H2,1-4H3. The van der Waals surface area contributed by atoms with Gasteiger partial charge in [-0.1, -0.05) is 13.8 Å². The lowest BCUT2D eigenvalue weighted by atomic mass is 10.1. The van der Waals surface area contributed by atoms with Crippen molar-refractivity contribution in [1.29, 1.82) is 0 Å². The Labute approximate surface area is 132 Å². The number of methoxy groups -OCH3 is 1. The Bertz CT molecular complexity index is 640. The van der Waals surface area contributed by atoms with Gasteiger partial charge in [-0.05, 0) is 36.6 Å². The molecule has 0 atom stereocenters. The van der Waals surface area contributed by atoms with Crippen LogP contribution in [-0.2, 0) is 18.3 Å². The van der Waals surface area contributed by atoms with Crippen molar-refractivity contribution in [3.05, 3.63) is 30.0 Å². The van der Waals surface area contributed by atoms with Crippen molar-refractivity contribution in [2.45, 2.75) is 33.1 Å². The van der Waals surface area contributed by atoms with Gasteiger partial charge in [0, 0.05) is 37.2 Å². The number of hydrogen-bond donors (Lipinski definition) is 0. The zero-order valence-corrected chi connectivity index (χ0v) is 14.1. The molecule has 1 heterocycles. The highest BCUT2D eigenvalue weighted by molar-refractivity contribution is 5.90. The third kappa shape index (κ3) is 3.43. The molecule has 0 bridgehead atoms. The van der Waals surface area contributed by atoms with Crippen LogP contribution in [0.2, 0.25) is 0 Å². The molecule has 0 fully saturated rings. The molecule has 0 saturated heterocycles. The van der Waals surface area contributed by atoms with Crippen molar-refractivity contribution < 1.29 is 9.53 Å². The predicted octanol–water partition coefficient (Wildman–Crippen LogP) is 3.38. The normalized spacial score (nSPS) is 10.9. The lowest BCUT2D eigenvalue weighted by molar-refractivity contribution is -0.130. The molecule has 0 aliphatic rings. The van der Waals surface area contributed by atoms with Crippen LogP contribution in [0, 0.1) is 0 Å². The average Bonchev–Trinajstić information content (AvgIpc) is 2.82. The highest BCUT2D eigenvalue weighted by atomic mass is 16.5. The predicted molar refractivity (Wildman–Crippen MR) is 90.3 cm³/mol. The van der Waals surface area contributed by atoms with Gasteiger partial charge in [0.25, 0.3) is 0 Å². The van der Waals surface area contributed by atoms with E-state index in [9.17, 15) is 4.79 Å². The summed E-state index contributed by atoms with van der Waals surface area (Å²) in [5.74, 6) is 1.03. The molecular weight excluding hydrogens is 276 g/mol. The van der Waals surface area contributed by atoms with Crippen LogP contribution < -0.4 is 4.74 Å². The van der Waals surface area contributed by atoms with Gasteiger partial charge in [0.1, 0.15) is 5.75 Å². The largest absolute Gasteiger partial charge is 0.497 e. The molecule has 0 spiro atoms. The quantitative estimate of drug-likeness (QED) is 0.786. The molecule has 0 saturated carbocycles. The summed E-state index contributed by atoms with van der Waals surface area (Å²) in [6.45, 7) is 5.89. The molecule has 0 aliphatic heterocycles. The summed E-state index contributed by atoms with van der Waals surface area (Å²) in [5.41, 5.74) is 2.19. The summed E-state index contributed by atoms with van der Waals surface area (Å²) in [5, 5.41) is 1.10. The van der Waals surface area contributed by atoms with E-state index in [1.807, 2.05) is 30.1 Å². The molecule has 0 N–H and O–H groups in total. The number of amides is 1. The van der Waals surface area contributed by atoms with E-state index in [2.05, 4.69) is 24.6 Å². The topological polar surface area (TPSA) is 34.5 Å². The SMILES string of the molecule is CCCN(CCC)C(=O)Cc1cn(C)c2ccc(OC)cc12. The van der Waals surface area contributed by atoms with Crippen LogP contribution in [0.15, 0.2) is 24.4 Å². The van der Waals surface area contributed by atoms with Gasteiger partial charge in [-0.2, -0.15) is 0 Å². The van der Waals surface area contributed by atoms with Crippen LogP contribution in [0.4, 0.5) is 0 Å². The number of carbonyl (C=O) groups excluding carboxylic acids is 1. The first-order chi connectivity index (χ1) is 10.6. The number of benzene rings is 1. The Morgan fingerprint density at radius 2 is 1.91 bits per heavy atom. The molecule has 2 aromatic rings. The number of rotatable bonds is 7. The van der Waals surface area contributed by atoms with E-state index in [-0.39, 0.29) is 5.91 Å². The molecule has 0 radical (unpaired) electrons. The zero-order valence-electron chi connectivity index (χ0n) is 14.1. The zero-order chi connectivity index (χ0) is 16.1. The highest BCUT2D eigenvalue weighted by Crippen LogP contribution is 2.26. The van der Waals surface area contributed by atoms with Gasteiger partial charge in [-0.15, -0.1) is 0 Å². The fraction of sp³-hybridized carbons (Fsp3) is 0.500. The van der Waals surface area contributed by atoms with Crippen molar-refractivity contribution in [3.8, 4) is 5.75 Å². The second kappa shape index (κ2) is 7.34. The molecule has 120 valence electrons. The second-order valence-electron chi connectivity index (χ2n) is 5.71. The first kappa shape index (κ1) is 16.4. The van der Waals surface area contributed by atoms with Crippen LogP contribution in [0.3, 0.4) is 0 Å². The van der Waals surface area contributed by atoms with Crippen molar-refractivity contribution in [2.24, 2.45) is 7.05 Å². The smallest absolute Gasteiger partial charge is 0.227 e. The molecule has 1 aromatic carbocycles. The number of aromatic nitrogens is 1. The van der Waals surface area contributed by atoms with Crippen LogP contribution in [0.25, 0.3) is 10.9 Å². The second-order valence-corrected chi connectivity index (χ2v) is 5.71. The van der Waals surface area contributed by atoms with Crippen LogP contribution >= 0.6 is 0 Å². The molecule has 0 aliphatic carbocycles. The van der Waals surface area contributed by atoms with Gasteiger partial charge >= 0.3 is 0 Å². The summed E-state index contributed by atoms with van der Waals surface area (Å²) in [6.07, 6.45) is 4.49. The number of nitrogens with zero attached hydrogens (tertiary/aromatic N) is 2. The summed E-state index contributed by atoms with van der Waals surface area (Å²) in [7, 11) is 3.68. The minimum atomic E-state index is 0.207. The van der Waals surface area contributed by atoms with Crippen LogP contribution in [-0.4, -0.2) is 35.6 Å². The van der Waals surface area contributed by atoms with E-state index in [0.717, 1.165) is 48.1 Å². The Hall–Kier alpha value is -1.97. The van der Waals surface area contributed by atoms with Crippen LogP contribution in [0.1, 0.15) is 32.3 Å². The number of hydrogen-bond acceptors (Lipinski definition) is 2. The third-order valence-corrected chi connectivity index (χ3v) is 3.96. The average molecular weight is 302 g/mol. The molecule has 1 aromatic heterocycles. The molecule has 22 heavy (non-hydrogen) atoms. The molecule has 2 rings (SSSR count). The summed E-state index contributed by atoms with van der Waals surface area (Å²) >= 11 is 0. The summed E-state index contributed by atoms with van der Waals surface area (Å²) < 4.78 is 7.38. The summed E-state index contributed by atoms with van der Waals surface area (Å²) in [4.78, 5) is 14.6. The van der Waals surface area contributed by atoms with Gasteiger partial charge in [0.2, 0.25) is 5.91 Å². The van der Waals surface area contributed by atoms with E-state index in [4.69, 9.17) is 4.74 Å². The van der Waals surface area contributed by atoms with E-state index < -0.39 is 0 Å². The molecule has 4 heteroatoms. The van der Waals surface area contributed by atoms with Crippen LogP contribution in [0.5, 0.6) is 5.75 Å². The van der Waals surface area contributed by atoms with Crippen molar-refractivity contribution in [3.63, 3.8) is 0 Å². The lowest BCUT2D eigenvalue weighted by Crippen LogP contribution is -2.33. The maximum atomic E-state index is 12.6. The van der Waals surface area contributed by atoms with E-state index in [0.29, 0.717) is 6.42 Å². The maximum absolute atomic E-state index is 12.6. The van der Waals surface area contributed by atoms with E-state index in [1.165, 1.54) is 0 Å². The summed E-state index contributed by atoms with van der Waals surface area (Å²) in [6, 6.07) is 6.01. The molecule has 4 nitrogen and oxygen atoms in total. The van der Waals surface area contributed by atoms with Crippen molar-refractivity contribution in [1.82, 2.24) is 9.47 Å². The van der Waals surface area contributed by atoms with Gasteiger partial charge in [-0.25, -0.2) is 0 Å². The fourth-order valence-corrected chi connectivity index (χ4v) is 2.90. The Morgan fingerprint density at radius 3 is 2.50 bits per heavy atom. The van der Waals surface area contributed by atoms with Gasteiger partial charge in [0.05, 0.1) is 13.5 Å². The minimum absolute atomic E-state index is 0.207. The van der Waals surface area contributed by atoms with Crippen molar-refractivity contribution in [2.75, 3.05) is 20.2 Å². The third-order valence-electron chi connectivity index (χ3n) is 3.96. The van der Waals surface area contributed by atoms with E-state index in [1.54, 1.807) is 7.11 Å². The monoisotopic (exact) mass is 302 g/mol. The van der Waals surface area contributed by atoms with E-state index >= 15 is 0 Å². The molecule has 1 amide bonds. The highest BCUT2D eigenvalue weighted by Gasteiger charge is 2.16. The number of carbonyl (C=O) groups is 1. The first-order valence-electron chi connectivity index (χ1n) is 8.00. The minimum Gasteiger partial charge on any atom is -0.497 e. The Morgan fingerprint density at radius 1 is 1.23 bits per heavy atom. The Balaban J connectivity index is 2.28. The fourth-order valence-electron chi connectivity index (χ4n) is 2.90. The Kier molecular flexibility index (Phi) is 5.47. The number of aryl methyl sites for hydroxylation is 1. The molecule has 0 unspecified atom stereocenters.